The van der Waals surface area contributed by atoms with Gasteiger partial charge in [0.15, 0.2) is 5.11 Å². The van der Waals surface area contributed by atoms with Crippen LogP contribution in [0.4, 0.5) is 5.00 Å². The second-order valence-electron chi connectivity index (χ2n) is 4.96. The fourth-order valence-electron chi connectivity index (χ4n) is 2.02. The van der Waals surface area contributed by atoms with E-state index in [0.717, 1.165) is 24.3 Å². The summed E-state index contributed by atoms with van der Waals surface area (Å²) in [5.41, 5.74) is 0.509. The van der Waals surface area contributed by atoms with Crippen LogP contribution in [-0.2, 0) is 17.7 Å². The van der Waals surface area contributed by atoms with E-state index in [9.17, 15) is 4.79 Å². The number of thiophene rings is 1. The van der Waals surface area contributed by atoms with Gasteiger partial charge in [0.05, 0.1) is 23.9 Å². The van der Waals surface area contributed by atoms with Crippen LogP contribution in [0, 0.1) is 0 Å². The first-order valence-corrected chi connectivity index (χ1v) is 9.07. The van der Waals surface area contributed by atoms with Crippen molar-refractivity contribution in [1.29, 1.82) is 0 Å². The van der Waals surface area contributed by atoms with E-state index in [1.807, 2.05) is 13.0 Å². The lowest BCUT2D eigenvalue weighted by atomic mass is 10.2. The molecule has 0 aromatic carbocycles. The number of thiocarbonyl (C=S) groups is 1. The number of nitrogens with one attached hydrogen (secondary N) is 2. The topological polar surface area (TPSA) is 68.2 Å². The summed E-state index contributed by atoms with van der Waals surface area (Å²) in [5.74, 6) is -0.369. The van der Waals surface area contributed by atoms with Crippen molar-refractivity contribution in [2.45, 2.75) is 26.3 Å². The number of ether oxygens (including phenoxy) is 1. The molecule has 9 heteroatoms. The van der Waals surface area contributed by atoms with E-state index in [-0.39, 0.29) is 5.97 Å². The van der Waals surface area contributed by atoms with Gasteiger partial charge in [0.2, 0.25) is 0 Å². The highest BCUT2D eigenvalue weighted by Crippen LogP contribution is 2.29. The maximum absolute atomic E-state index is 11.8. The van der Waals surface area contributed by atoms with E-state index in [2.05, 4.69) is 15.7 Å². The number of hydrogen-bond acceptors (Lipinski definition) is 5. The van der Waals surface area contributed by atoms with Crippen molar-refractivity contribution < 1.29 is 9.53 Å². The van der Waals surface area contributed by atoms with Crippen molar-refractivity contribution in [3.63, 3.8) is 0 Å². The number of carbonyl (C=O) groups is 1. The highest BCUT2D eigenvalue weighted by Gasteiger charge is 2.16. The summed E-state index contributed by atoms with van der Waals surface area (Å²) in [5, 5.41) is 12.1. The summed E-state index contributed by atoms with van der Waals surface area (Å²) in [6, 6.07) is 1.84. The number of halogens is 1. The molecule has 2 aromatic heterocycles. The molecule has 0 radical (unpaired) electrons. The Labute approximate surface area is 155 Å². The molecular formula is C15H19ClN4O2S2. The lowest BCUT2D eigenvalue weighted by Crippen LogP contribution is -2.30. The quantitative estimate of drug-likeness (QED) is 0.432. The van der Waals surface area contributed by atoms with Crippen molar-refractivity contribution in [2.24, 2.45) is 0 Å². The summed E-state index contributed by atoms with van der Waals surface area (Å²) in [4.78, 5) is 12.9. The third-order valence-electron chi connectivity index (χ3n) is 3.22. The van der Waals surface area contributed by atoms with Gasteiger partial charge in [-0.25, -0.2) is 4.79 Å². The highest BCUT2D eigenvalue weighted by atomic mass is 35.5. The van der Waals surface area contributed by atoms with E-state index in [0.29, 0.717) is 27.2 Å². The van der Waals surface area contributed by atoms with Crippen LogP contribution < -0.4 is 10.6 Å². The first kappa shape index (κ1) is 18.7. The minimum atomic E-state index is -0.369. The van der Waals surface area contributed by atoms with Gasteiger partial charge in [-0.05, 0) is 31.1 Å². The molecular weight excluding hydrogens is 368 g/mol. The molecule has 6 nitrogen and oxygen atoms in total. The number of carbonyl (C=O) groups excluding carboxylic acids is 1. The molecule has 2 rings (SSSR count). The van der Waals surface area contributed by atoms with Crippen LogP contribution in [0.5, 0.6) is 0 Å². The van der Waals surface area contributed by atoms with Gasteiger partial charge in [-0.1, -0.05) is 18.5 Å². The number of nitrogens with zero attached hydrogens (tertiary/aromatic N) is 2. The second kappa shape index (κ2) is 9.00. The van der Waals surface area contributed by atoms with E-state index in [1.54, 1.807) is 17.1 Å². The lowest BCUT2D eigenvalue weighted by molar-refractivity contribution is 0.0602. The van der Waals surface area contributed by atoms with Crippen molar-refractivity contribution in [3.05, 3.63) is 33.9 Å². The third-order valence-corrected chi connectivity index (χ3v) is 4.85. The fraction of sp³-hybridized carbons (Fsp3) is 0.400. The number of esters is 1. The number of methoxy groups -OCH3 is 1. The monoisotopic (exact) mass is 386 g/mol. The summed E-state index contributed by atoms with van der Waals surface area (Å²) in [6.07, 6.45) is 5.08. The number of anilines is 1. The van der Waals surface area contributed by atoms with Crippen LogP contribution in [0.1, 0.15) is 28.6 Å². The molecule has 0 fully saturated rings. The predicted molar refractivity (Wildman–Crippen MR) is 101 cm³/mol. The zero-order valence-electron chi connectivity index (χ0n) is 13.5. The van der Waals surface area contributed by atoms with E-state index in [1.165, 1.54) is 18.4 Å². The van der Waals surface area contributed by atoms with Gasteiger partial charge in [-0.15, -0.1) is 11.3 Å². The number of aromatic nitrogens is 2. The average molecular weight is 387 g/mol. The maximum Gasteiger partial charge on any atom is 0.340 e. The molecule has 24 heavy (non-hydrogen) atoms. The normalized spacial score (nSPS) is 10.5. The fourth-order valence-corrected chi connectivity index (χ4v) is 3.44. The summed E-state index contributed by atoms with van der Waals surface area (Å²) >= 11 is 12.6. The Morgan fingerprint density at radius 1 is 1.54 bits per heavy atom. The van der Waals surface area contributed by atoms with Crippen LogP contribution in [0.2, 0.25) is 5.02 Å². The Bertz CT molecular complexity index is 714. The Balaban J connectivity index is 1.83. The zero-order chi connectivity index (χ0) is 17.5. The van der Waals surface area contributed by atoms with Gasteiger partial charge in [-0.2, -0.15) is 5.10 Å². The van der Waals surface area contributed by atoms with Crippen molar-refractivity contribution in [2.75, 3.05) is 19.0 Å². The van der Waals surface area contributed by atoms with Crippen LogP contribution in [0.15, 0.2) is 18.5 Å². The van der Waals surface area contributed by atoms with Gasteiger partial charge in [0.1, 0.15) is 5.00 Å². The second-order valence-corrected chi connectivity index (χ2v) is 6.94. The van der Waals surface area contributed by atoms with Crippen LogP contribution in [0.25, 0.3) is 0 Å². The van der Waals surface area contributed by atoms with E-state index >= 15 is 0 Å². The Kier molecular flexibility index (Phi) is 7.01. The molecule has 0 aliphatic heterocycles. The molecule has 0 unspecified atom stereocenters. The summed E-state index contributed by atoms with van der Waals surface area (Å²) in [6.45, 7) is 3.46. The predicted octanol–water partition coefficient (Wildman–Crippen LogP) is 3.32. The van der Waals surface area contributed by atoms with Crippen LogP contribution in [0.3, 0.4) is 0 Å². The van der Waals surface area contributed by atoms with Gasteiger partial charge in [0.25, 0.3) is 0 Å². The molecule has 0 amide bonds. The number of hydrogen-bond donors (Lipinski definition) is 2. The van der Waals surface area contributed by atoms with E-state index < -0.39 is 0 Å². The van der Waals surface area contributed by atoms with Gasteiger partial charge >= 0.3 is 5.97 Å². The molecule has 2 N–H and O–H groups in total. The maximum atomic E-state index is 11.8. The third kappa shape index (κ3) is 5.19. The molecule has 0 aliphatic carbocycles. The number of rotatable bonds is 7. The Morgan fingerprint density at radius 2 is 2.33 bits per heavy atom. The molecule has 130 valence electrons. The Morgan fingerprint density at radius 3 is 2.96 bits per heavy atom. The minimum Gasteiger partial charge on any atom is -0.465 e. The lowest BCUT2D eigenvalue weighted by Gasteiger charge is -2.10. The van der Waals surface area contributed by atoms with Gasteiger partial charge in [-0.3, -0.25) is 4.68 Å². The SMILES string of the molecule is CCc1cc(C(=O)OC)c(NC(=S)NCCCn2cc(Cl)cn2)s1. The molecule has 0 atom stereocenters. The average Bonchev–Trinajstić information content (AvgIpc) is 3.17. The van der Waals surface area contributed by atoms with Crippen LogP contribution in [-0.4, -0.2) is 34.5 Å². The first-order chi connectivity index (χ1) is 11.5. The van der Waals surface area contributed by atoms with Crippen molar-refractivity contribution in [1.82, 2.24) is 15.1 Å². The molecule has 0 saturated carbocycles. The molecule has 2 aromatic rings. The minimum absolute atomic E-state index is 0.369. The molecule has 0 spiro atoms. The first-order valence-electron chi connectivity index (χ1n) is 7.47. The Hall–Kier alpha value is -1.64. The van der Waals surface area contributed by atoms with Crippen molar-refractivity contribution >= 4 is 51.2 Å². The van der Waals surface area contributed by atoms with Gasteiger partial charge in [0, 0.05) is 24.2 Å². The molecule has 2 heterocycles. The standard InChI is InChI=1S/C15H19ClN4O2S2/c1-3-11-7-12(14(21)22-2)13(24-11)19-15(23)17-5-4-6-20-9-10(16)8-18-20/h7-9H,3-6H2,1-2H3,(H2,17,19,23). The van der Waals surface area contributed by atoms with E-state index in [4.69, 9.17) is 28.6 Å². The number of aryl methyl sites for hydroxylation is 2. The molecule has 0 bridgehead atoms. The van der Waals surface area contributed by atoms with Crippen LogP contribution >= 0.6 is 35.2 Å². The highest BCUT2D eigenvalue weighted by molar-refractivity contribution is 7.80. The smallest absolute Gasteiger partial charge is 0.340 e. The molecule has 0 saturated heterocycles. The summed E-state index contributed by atoms with van der Waals surface area (Å²) < 4.78 is 6.59. The molecule has 0 aliphatic rings. The van der Waals surface area contributed by atoms with Crippen molar-refractivity contribution in [3.8, 4) is 0 Å². The van der Waals surface area contributed by atoms with Gasteiger partial charge < -0.3 is 15.4 Å². The summed E-state index contributed by atoms with van der Waals surface area (Å²) in [7, 11) is 1.37. The largest absolute Gasteiger partial charge is 0.465 e. The zero-order valence-corrected chi connectivity index (χ0v) is 15.9.